The molecule has 0 aliphatic heterocycles. The van der Waals surface area contributed by atoms with Crippen molar-refractivity contribution in [3.05, 3.63) is 23.9 Å². The van der Waals surface area contributed by atoms with Crippen LogP contribution in [0.15, 0.2) is 18.2 Å². The molecule has 0 fully saturated rings. The maximum absolute atomic E-state index is 11.9. The van der Waals surface area contributed by atoms with Crippen molar-refractivity contribution in [2.75, 3.05) is 5.32 Å². The molecule has 1 heterocycles. The highest BCUT2D eigenvalue weighted by Gasteiger charge is 2.16. The van der Waals surface area contributed by atoms with Gasteiger partial charge in [-0.1, -0.05) is 6.07 Å². The zero-order valence-electron chi connectivity index (χ0n) is 11.1. The number of carbonyl (C=O) groups excluding carboxylic acids is 2. The SMILES string of the molecule is CC(C)(C)NC(=O)Nc1cccc2[nH]nc(C=O)c12. The van der Waals surface area contributed by atoms with Gasteiger partial charge in [-0.25, -0.2) is 4.79 Å². The number of urea groups is 1. The van der Waals surface area contributed by atoms with Gasteiger partial charge in [0.25, 0.3) is 0 Å². The smallest absolute Gasteiger partial charge is 0.319 e. The Hall–Kier alpha value is -2.37. The Morgan fingerprint density at radius 3 is 2.74 bits per heavy atom. The van der Waals surface area contributed by atoms with Gasteiger partial charge in [-0.15, -0.1) is 0 Å². The van der Waals surface area contributed by atoms with Crippen molar-refractivity contribution in [1.29, 1.82) is 0 Å². The topological polar surface area (TPSA) is 86.9 Å². The normalized spacial score (nSPS) is 11.3. The van der Waals surface area contributed by atoms with Crippen molar-refractivity contribution in [2.45, 2.75) is 26.3 Å². The summed E-state index contributed by atoms with van der Waals surface area (Å²) in [7, 11) is 0. The quantitative estimate of drug-likeness (QED) is 0.724. The van der Waals surface area contributed by atoms with Crippen LogP contribution in [0.3, 0.4) is 0 Å². The molecule has 6 nitrogen and oxygen atoms in total. The molecule has 0 saturated carbocycles. The predicted molar refractivity (Wildman–Crippen MR) is 73.4 cm³/mol. The number of aromatic nitrogens is 2. The van der Waals surface area contributed by atoms with Crippen LogP contribution < -0.4 is 10.6 Å². The molecule has 19 heavy (non-hydrogen) atoms. The molecule has 0 unspecified atom stereocenters. The van der Waals surface area contributed by atoms with E-state index in [2.05, 4.69) is 20.8 Å². The fourth-order valence-corrected chi connectivity index (χ4v) is 1.78. The number of H-pyrrole nitrogens is 1. The molecule has 1 aromatic carbocycles. The first-order chi connectivity index (χ1) is 8.90. The van der Waals surface area contributed by atoms with Crippen molar-refractivity contribution in [3.63, 3.8) is 0 Å². The van der Waals surface area contributed by atoms with Gasteiger partial charge in [-0.05, 0) is 32.9 Å². The van der Waals surface area contributed by atoms with Crippen molar-refractivity contribution in [1.82, 2.24) is 15.5 Å². The fraction of sp³-hybridized carbons (Fsp3) is 0.308. The lowest BCUT2D eigenvalue weighted by molar-refractivity contribution is 0.112. The van der Waals surface area contributed by atoms with Crippen LogP contribution in [-0.4, -0.2) is 28.1 Å². The lowest BCUT2D eigenvalue weighted by Crippen LogP contribution is -2.43. The Morgan fingerprint density at radius 1 is 1.37 bits per heavy atom. The third-order valence-corrected chi connectivity index (χ3v) is 2.47. The van der Waals surface area contributed by atoms with Crippen molar-refractivity contribution in [2.24, 2.45) is 0 Å². The zero-order valence-corrected chi connectivity index (χ0v) is 11.1. The first-order valence-corrected chi connectivity index (χ1v) is 5.92. The molecule has 0 aliphatic carbocycles. The van der Waals surface area contributed by atoms with E-state index in [1.54, 1.807) is 18.2 Å². The number of aldehydes is 1. The van der Waals surface area contributed by atoms with Crippen LogP contribution >= 0.6 is 0 Å². The van der Waals surface area contributed by atoms with Crippen LogP contribution in [0, 0.1) is 0 Å². The summed E-state index contributed by atoms with van der Waals surface area (Å²) in [5.74, 6) is 0. The summed E-state index contributed by atoms with van der Waals surface area (Å²) in [6, 6.07) is 4.98. The third-order valence-electron chi connectivity index (χ3n) is 2.47. The first-order valence-electron chi connectivity index (χ1n) is 5.92. The van der Waals surface area contributed by atoms with Gasteiger partial charge < -0.3 is 10.6 Å². The Morgan fingerprint density at radius 2 is 2.11 bits per heavy atom. The summed E-state index contributed by atoms with van der Waals surface area (Å²) in [5, 5.41) is 12.8. The molecule has 2 rings (SSSR count). The molecule has 100 valence electrons. The Bertz CT molecular complexity index is 625. The van der Waals surface area contributed by atoms with Crippen LogP contribution in [0.4, 0.5) is 10.5 Å². The number of anilines is 1. The van der Waals surface area contributed by atoms with Crippen LogP contribution in [0.25, 0.3) is 10.9 Å². The molecular weight excluding hydrogens is 244 g/mol. The number of hydrogen-bond donors (Lipinski definition) is 3. The minimum absolute atomic E-state index is 0.279. The van der Waals surface area contributed by atoms with Gasteiger partial charge in [0.05, 0.1) is 16.6 Å². The lowest BCUT2D eigenvalue weighted by atomic mass is 10.1. The highest BCUT2D eigenvalue weighted by Crippen LogP contribution is 2.24. The number of aromatic amines is 1. The molecule has 0 atom stereocenters. The largest absolute Gasteiger partial charge is 0.333 e. The van der Waals surface area contributed by atoms with E-state index in [4.69, 9.17) is 0 Å². The van der Waals surface area contributed by atoms with Gasteiger partial charge in [0.2, 0.25) is 0 Å². The summed E-state index contributed by atoms with van der Waals surface area (Å²) in [5.41, 5.74) is 1.20. The number of hydrogen-bond acceptors (Lipinski definition) is 3. The highest BCUT2D eigenvalue weighted by molar-refractivity contribution is 6.06. The molecule has 1 aromatic heterocycles. The number of amides is 2. The van der Waals surface area contributed by atoms with Crippen LogP contribution in [-0.2, 0) is 0 Å². The van der Waals surface area contributed by atoms with E-state index in [0.29, 0.717) is 22.9 Å². The average molecular weight is 260 g/mol. The summed E-state index contributed by atoms with van der Waals surface area (Å²) in [6.07, 6.45) is 0.658. The van der Waals surface area contributed by atoms with E-state index in [-0.39, 0.29) is 17.3 Å². The maximum Gasteiger partial charge on any atom is 0.319 e. The molecule has 2 amide bonds. The number of nitrogens with one attached hydrogen (secondary N) is 3. The molecular formula is C13H16N4O2. The number of fused-ring (bicyclic) bond motifs is 1. The number of rotatable bonds is 2. The van der Waals surface area contributed by atoms with Crippen molar-refractivity contribution in [3.8, 4) is 0 Å². The summed E-state index contributed by atoms with van der Waals surface area (Å²) in [4.78, 5) is 22.8. The van der Waals surface area contributed by atoms with E-state index in [9.17, 15) is 9.59 Å². The monoisotopic (exact) mass is 260 g/mol. The second-order valence-electron chi connectivity index (χ2n) is 5.28. The van der Waals surface area contributed by atoms with E-state index in [0.717, 1.165) is 0 Å². The molecule has 3 N–H and O–H groups in total. The minimum atomic E-state index is -0.331. The average Bonchev–Trinajstić information content (AvgIpc) is 2.70. The third kappa shape index (κ3) is 2.90. The summed E-state index contributed by atoms with van der Waals surface area (Å²) in [6.45, 7) is 5.67. The molecule has 0 radical (unpaired) electrons. The first kappa shape index (κ1) is 13.1. The van der Waals surface area contributed by atoms with Gasteiger partial charge in [0.1, 0.15) is 5.69 Å². The lowest BCUT2D eigenvalue weighted by Gasteiger charge is -2.20. The Labute approximate surface area is 110 Å². The van der Waals surface area contributed by atoms with Gasteiger partial charge in [0.15, 0.2) is 6.29 Å². The molecule has 0 aliphatic rings. The van der Waals surface area contributed by atoms with Crippen molar-refractivity contribution >= 4 is 28.9 Å². The molecule has 0 saturated heterocycles. The van der Waals surface area contributed by atoms with E-state index >= 15 is 0 Å². The fourth-order valence-electron chi connectivity index (χ4n) is 1.78. The number of carbonyl (C=O) groups is 2. The van der Waals surface area contributed by atoms with Crippen molar-refractivity contribution < 1.29 is 9.59 Å². The predicted octanol–water partition coefficient (Wildman–Crippen LogP) is 2.30. The summed E-state index contributed by atoms with van der Waals surface area (Å²) >= 11 is 0. The Balaban J connectivity index is 2.32. The molecule has 6 heteroatoms. The second-order valence-corrected chi connectivity index (χ2v) is 5.28. The van der Waals surface area contributed by atoms with Crippen LogP contribution in [0.1, 0.15) is 31.3 Å². The van der Waals surface area contributed by atoms with Gasteiger partial charge in [0, 0.05) is 5.54 Å². The summed E-state index contributed by atoms with van der Waals surface area (Å²) < 4.78 is 0. The maximum atomic E-state index is 11.9. The Kier molecular flexibility index (Phi) is 3.25. The van der Waals surface area contributed by atoms with Gasteiger partial charge >= 0.3 is 6.03 Å². The van der Waals surface area contributed by atoms with E-state index in [1.165, 1.54) is 0 Å². The number of nitrogens with zero attached hydrogens (tertiary/aromatic N) is 1. The van der Waals surface area contributed by atoms with Gasteiger partial charge in [-0.2, -0.15) is 5.10 Å². The second kappa shape index (κ2) is 4.72. The molecule has 2 aromatic rings. The number of benzene rings is 1. The van der Waals surface area contributed by atoms with Crippen LogP contribution in [0.5, 0.6) is 0 Å². The highest BCUT2D eigenvalue weighted by atomic mass is 16.2. The van der Waals surface area contributed by atoms with E-state index in [1.807, 2.05) is 20.8 Å². The standard InChI is InChI=1S/C13H16N4O2/c1-13(2,3)15-12(19)14-8-5-4-6-9-11(8)10(7-18)17-16-9/h4-7H,1-3H3,(H,16,17)(H2,14,15,19). The van der Waals surface area contributed by atoms with Crippen LogP contribution in [0.2, 0.25) is 0 Å². The van der Waals surface area contributed by atoms with Gasteiger partial charge in [-0.3, -0.25) is 9.89 Å². The minimum Gasteiger partial charge on any atom is -0.333 e. The zero-order chi connectivity index (χ0) is 14.0. The molecule has 0 bridgehead atoms. The van der Waals surface area contributed by atoms with E-state index < -0.39 is 0 Å². The molecule has 0 spiro atoms.